The number of allylic oxidation sites excluding steroid dienone is 1. The van der Waals surface area contributed by atoms with Gasteiger partial charge in [0.05, 0.1) is 4.92 Å². The molecule has 0 atom stereocenters. The molecule has 17 heavy (non-hydrogen) atoms. The van der Waals surface area contributed by atoms with Crippen molar-refractivity contribution >= 4 is 11.6 Å². The zero-order valence-corrected chi connectivity index (χ0v) is 9.56. The summed E-state index contributed by atoms with van der Waals surface area (Å²) < 4.78 is 0. The lowest BCUT2D eigenvalue weighted by Crippen LogP contribution is -2.33. The van der Waals surface area contributed by atoms with E-state index in [1.807, 2.05) is 13.8 Å². The number of rotatable bonds is 4. The van der Waals surface area contributed by atoms with Crippen LogP contribution in [0, 0.1) is 10.1 Å². The number of nitro groups is 1. The number of nitro benzene ring substituents is 1. The SMILES string of the molecule is CC(C)=CNNC(=O)c1cccc([N+](=O)[O-])c1. The van der Waals surface area contributed by atoms with Gasteiger partial charge < -0.3 is 5.43 Å². The summed E-state index contributed by atoms with van der Waals surface area (Å²) in [7, 11) is 0. The van der Waals surface area contributed by atoms with Crippen molar-refractivity contribution in [2.75, 3.05) is 0 Å². The van der Waals surface area contributed by atoms with E-state index < -0.39 is 10.8 Å². The molecule has 0 fully saturated rings. The van der Waals surface area contributed by atoms with Crippen molar-refractivity contribution in [2.24, 2.45) is 0 Å². The second-order valence-electron chi connectivity index (χ2n) is 3.63. The van der Waals surface area contributed by atoms with Crippen molar-refractivity contribution in [1.82, 2.24) is 10.9 Å². The van der Waals surface area contributed by atoms with Crippen molar-refractivity contribution in [3.8, 4) is 0 Å². The van der Waals surface area contributed by atoms with Crippen LogP contribution >= 0.6 is 0 Å². The van der Waals surface area contributed by atoms with Gasteiger partial charge in [-0.25, -0.2) is 0 Å². The highest BCUT2D eigenvalue weighted by Gasteiger charge is 2.10. The van der Waals surface area contributed by atoms with Crippen LogP contribution in [0.1, 0.15) is 24.2 Å². The van der Waals surface area contributed by atoms with Crippen molar-refractivity contribution in [3.63, 3.8) is 0 Å². The molecule has 0 aliphatic rings. The predicted molar refractivity (Wildman–Crippen MR) is 63.1 cm³/mol. The molecule has 0 bridgehead atoms. The Morgan fingerprint density at radius 3 is 2.71 bits per heavy atom. The average molecular weight is 235 g/mol. The number of hydrogen-bond acceptors (Lipinski definition) is 4. The van der Waals surface area contributed by atoms with Crippen molar-refractivity contribution in [2.45, 2.75) is 13.8 Å². The molecule has 0 aromatic heterocycles. The van der Waals surface area contributed by atoms with Gasteiger partial charge >= 0.3 is 0 Å². The van der Waals surface area contributed by atoms with E-state index in [0.717, 1.165) is 5.57 Å². The summed E-state index contributed by atoms with van der Waals surface area (Å²) in [6, 6.07) is 5.53. The first-order chi connectivity index (χ1) is 8.00. The number of carbonyl (C=O) groups is 1. The number of amides is 1. The minimum absolute atomic E-state index is 0.111. The van der Waals surface area contributed by atoms with E-state index in [2.05, 4.69) is 10.9 Å². The molecule has 90 valence electrons. The van der Waals surface area contributed by atoms with Gasteiger partial charge in [-0.2, -0.15) is 0 Å². The zero-order valence-electron chi connectivity index (χ0n) is 9.56. The average Bonchev–Trinajstić information content (AvgIpc) is 2.28. The maximum absolute atomic E-state index is 11.6. The van der Waals surface area contributed by atoms with Gasteiger partial charge in [-0.05, 0) is 19.9 Å². The molecular formula is C11H13N3O3. The van der Waals surface area contributed by atoms with E-state index in [0.29, 0.717) is 0 Å². The fourth-order valence-electron chi connectivity index (χ4n) is 1.08. The predicted octanol–water partition coefficient (Wildman–Crippen LogP) is 1.75. The number of benzene rings is 1. The lowest BCUT2D eigenvalue weighted by molar-refractivity contribution is -0.384. The third-order valence-corrected chi connectivity index (χ3v) is 1.87. The zero-order chi connectivity index (χ0) is 12.8. The smallest absolute Gasteiger partial charge is 0.270 e. The van der Waals surface area contributed by atoms with E-state index in [1.54, 1.807) is 6.20 Å². The second kappa shape index (κ2) is 5.64. The van der Waals surface area contributed by atoms with Gasteiger partial charge in [-0.1, -0.05) is 11.6 Å². The Morgan fingerprint density at radius 2 is 2.12 bits per heavy atom. The van der Waals surface area contributed by atoms with Gasteiger partial charge in [-0.15, -0.1) is 0 Å². The van der Waals surface area contributed by atoms with E-state index in [9.17, 15) is 14.9 Å². The number of hydrazine groups is 1. The third-order valence-electron chi connectivity index (χ3n) is 1.87. The van der Waals surface area contributed by atoms with Crippen molar-refractivity contribution in [3.05, 3.63) is 51.7 Å². The highest BCUT2D eigenvalue weighted by molar-refractivity contribution is 5.94. The van der Waals surface area contributed by atoms with Crippen LogP contribution in [0.4, 0.5) is 5.69 Å². The third kappa shape index (κ3) is 3.94. The summed E-state index contributed by atoms with van der Waals surface area (Å²) in [5.41, 5.74) is 6.12. The molecule has 0 heterocycles. The van der Waals surface area contributed by atoms with Crippen LogP contribution in [0.25, 0.3) is 0 Å². The number of hydrogen-bond donors (Lipinski definition) is 2. The fraction of sp³-hybridized carbons (Fsp3) is 0.182. The Hall–Kier alpha value is -2.37. The Balaban J connectivity index is 2.72. The highest BCUT2D eigenvalue weighted by Crippen LogP contribution is 2.12. The van der Waals surface area contributed by atoms with E-state index in [-0.39, 0.29) is 11.3 Å². The molecule has 1 aromatic carbocycles. The summed E-state index contributed by atoms with van der Waals surface area (Å²) in [5, 5.41) is 10.5. The molecule has 0 radical (unpaired) electrons. The minimum Gasteiger partial charge on any atom is -0.306 e. The number of carbonyl (C=O) groups excluding carboxylic acids is 1. The standard InChI is InChI=1S/C11H13N3O3/c1-8(2)7-12-13-11(15)9-4-3-5-10(6-9)14(16)17/h3-7,12H,1-2H3,(H,13,15). The molecule has 6 heteroatoms. The minimum atomic E-state index is -0.541. The molecule has 0 aliphatic carbocycles. The Labute approximate surface area is 98.5 Å². The largest absolute Gasteiger partial charge is 0.306 e. The lowest BCUT2D eigenvalue weighted by atomic mass is 10.2. The van der Waals surface area contributed by atoms with Gasteiger partial charge in [0.25, 0.3) is 11.6 Å². The maximum atomic E-state index is 11.6. The molecule has 0 saturated heterocycles. The molecule has 6 nitrogen and oxygen atoms in total. The van der Waals surface area contributed by atoms with Gasteiger partial charge in [0.15, 0.2) is 0 Å². The van der Waals surface area contributed by atoms with E-state index >= 15 is 0 Å². The Morgan fingerprint density at radius 1 is 1.41 bits per heavy atom. The molecule has 1 aromatic rings. The molecule has 0 unspecified atom stereocenters. The van der Waals surface area contributed by atoms with Gasteiger partial charge in [0, 0.05) is 23.9 Å². The van der Waals surface area contributed by atoms with E-state index in [4.69, 9.17) is 0 Å². The van der Waals surface area contributed by atoms with E-state index in [1.165, 1.54) is 24.3 Å². The van der Waals surface area contributed by atoms with Crippen molar-refractivity contribution in [1.29, 1.82) is 0 Å². The summed E-state index contributed by atoms with van der Waals surface area (Å²) in [6.45, 7) is 3.74. The fourth-order valence-corrected chi connectivity index (χ4v) is 1.08. The number of nitrogens with one attached hydrogen (secondary N) is 2. The first-order valence-electron chi connectivity index (χ1n) is 4.94. The Kier molecular flexibility index (Phi) is 4.21. The van der Waals surface area contributed by atoms with Gasteiger partial charge in [-0.3, -0.25) is 20.3 Å². The van der Waals surface area contributed by atoms with Crippen LogP contribution in [0.2, 0.25) is 0 Å². The summed E-state index contributed by atoms with van der Waals surface area (Å²) >= 11 is 0. The second-order valence-corrected chi connectivity index (χ2v) is 3.63. The molecule has 0 aliphatic heterocycles. The van der Waals surface area contributed by atoms with Crippen LogP contribution in [-0.4, -0.2) is 10.8 Å². The molecule has 0 spiro atoms. The summed E-state index contributed by atoms with van der Waals surface area (Å²) in [6.07, 6.45) is 1.62. The number of non-ortho nitro benzene ring substituents is 1. The quantitative estimate of drug-likeness (QED) is 0.615. The Bertz CT molecular complexity index is 465. The molecule has 2 N–H and O–H groups in total. The van der Waals surface area contributed by atoms with Crippen LogP contribution in [-0.2, 0) is 0 Å². The first kappa shape index (κ1) is 12.7. The van der Waals surface area contributed by atoms with Crippen molar-refractivity contribution < 1.29 is 9.72 Å². The maximum Gasteiger partial charge on any atom is 0.270 e. The summed E-state index contributed by atoms with van der Waals surface area (Å²) in [5.74, 6) is -0.425. The topological polar surface area (TPSA) is 84.3 Å². The van der Waals surface area contributed by atoms with Crippen LogP contribution in [0.5, 0.6) is 0 Å². The van der Waals surface area contributed by atoms with Gasteiger partial charge in [0.2, 0.25) is 0 Å². The highest BCUT2D eigenvalue weighted by atomic mass is 16.6. The monoisotopic (exact) mass is 235 g/mol. The summed E-state index contributed by atoms with van der Waals surface area (Å²) in [4.78, 5) is 21.6. The molecule has 0 saturated carbocycles. The van der Waals surface area contributed by atoms with Gasteiger partial charge in [0.1, 0.15) is 0 Å². The molecule has 1 rings (SSSR count). The first-order valence-corrected chi connectivity index (χ1v) is 4.94. The molecule has 1 amide bonds. The molecular weight excluding hydrogens is 222 g/mol. The van der Waals surface area contributed by atoms with Crippen LogP contribution < -0.4 is 10.9 Å². The normalized spacial score (nSPS) is 9.29. The lowest BCUT2D eigenvalue weighted by Gasteiger charge is -2.04. The number of nitrogens with zero attached hydrogens (tertiary/aromatic N) is 1. The van der Waals surface area contributed by atoms with Crippen LogP contribution in [0.3, 0.4) is 0 Å². The van der Waals surface area contributed by atoms with Crippen LogP contribution in [0.15, 0.2) is 36.0 Å².